The third-order valence-corrected chi connectivity index (χ3v) is 5.81. The number of nitrogens with zero attached hydrogens (tertiary/aromatic N) is 4. The summed E-state index contributed by atoms with van der Waals surface area (Å²) in [4.78, 5) is 28.1. The van der Waals surface area contributed by atoms with Crippen LogP contribution in [0, 0.1) is 5.92 Å². The lowest BCUT2D eigenvalue weighted by Gasteiger charge is -2.43. The Hall–Kier alpha value is -2.64. The molecule has 1 saturated heterocycles. The van der Waals surface area contributed by atoms with Crippen LogP contribution in [0.1, 0.15) is 18.7 Å². The summed E-state index contributed by atoms with van der Waals surface area (Å²) in [6.45, 7) is 3.56. The third kappa shape index (κ3) is 3.43. The van der Waals surface area contributed by atoms with Gasteiger partial charge in [0.2, 0.25) is 0 Å². The SMILES string of the molecule is O=C(Cc1ncc2ccc(-c3cnco3)cc2n1)C1CC(N2CCOCC2)C1. The molecule has 7 heteroatoms. The zero-order valence-electron chi connectivity index (χ0n) is 15.6. The van der Waals surface area contributed by atoms with Gasteiger partial charge in [-0.25, -0.2) is 15.0 Å². The molecular weight excluding hydrogens is 356 g/mol. The van der Waals surface area contributed by atoms with E-state index in [0.29, 0.717) is 24.0 Å². The summed E-state index contributed by atoms with van der Waals surface area (Å²) in [5.74, 6) is 1.66. The highest BCUT2D eigenvalue weighted by Crippen LogP contribution is 2.33. The van der Waals surface area contributed by atoms with Crippen molar-refractivity contribution < 1.29 is 13.9 Å². The van der Waals surface area contributed by atoms with Crippen molar-refractivity contribution in [3.8, 4) is 11.3 Å². The Bertz CT molecular complexity index is 976. The van der Waals surface area contributed by atoms with Gasteiger partial charge in [-0.1, -0.05) is 12.1 Å². The van der Waals surface area contributed by atoms with E-state index in [1.54, 1.807) is 12.4 Å². The number of carbonyl (C=O) groups is 1. The van der Waals surface area contributed by atoms with Crippen molar-refractivity contribution in [3.63, 3.8) is 0 Å². The van der Waals surface area contributed by atoms with Crippen LogP contribution in [0.25, 0.3) is 22.2 Å². The van der Waals surface area contributed by atoms with E-state index in [1.807, 2.05) is 18.2 Å². The number of hydrogen-bond acceptors (Lipinski definition) is 7. The first-order valence-corrected chi connectivity index (χ1v) is 9.75. The number of Topliss-reactive ketones (excluding diaryl/α,β-unsaturated/α-hetero) is 1. The number of hydrogen-bond donors (Lipinski definition) is 0. The van der Waals surface area contributed by atoms with Gasteiger partial charge in [-0.15, -0.1) is 0 Å². The fraction of sp³-hybridized carbons (Fsp3) is 0.429. The molecule has 5 rings (SSSR count). The minimum Gasteiger partial charge on any atom is -0.444 e. The van der Waals surface area contributed by atoms with Crippen LogP contribution in [0.15, 0.2) is 41.4 Å². The van der Waals surface area contributed by atoms with Crippen molar-refractivity contribution in [3.05, 3.63) is 42.8 Å². The molecule has 1 saturated carbocycles. The fourth-order valence-corrected chi connectivity index (χ4v) is 4.05. The first-order chi connectivity index (χ1) is 13.8. The molecule has 0 amide bonds. The van der Waals surface area contributed by atoms with Gasteiger partial charge < -0.3 is 9.15 Å². The Morgan fingerprint density at radius 1 is 1.18 bits per heavy atom. The average molecular weight is 378 g/mol. The molecule has 0 radical (unpaired) electrons. The first kappa shape index (κ1) is 17.5. The molecule has 0 unspecified atom stereocenters. The highest BCUT2D eigenvalue weighted by Gasteiger charge is 2.38. The van der Waals surface area contributed by atoms with Gasteiger partial charge in [-0.05, 0) is 18.9 Å². The quantitative estimate of drug-likeness (QED) is 0.675. The maximum absolute atomic E-state index is 12.7. The second kappa shape index (κ2) is 7.41. The highest BCUT2D eigenvalue weighted by molar-refractivity contribution is 5.85. The van der Waals surface area contributed by atoms with E-state index in [9.17, 15) is 4.79 Å². The van der Waals surface area contributed by atoms with Crippen LogP contribution in [-0.4, -0.2) is 58.0 Å². The Morgan fingerprint density at radius 3 is 2.82 bits per heavy atom. The second-order valence-electron chi connectivity index (χ2n) is 7.54. The minimum atomic E-state index is 0.132. The van der Waals surface area contributed by atoms with Crippen molar-refractivity contribution in [2.45, 2.75) is 25.3 Å². The summed E-state index contributed by atoms with van der Waals surface area (Å²) in [5, 5.41) is 0.940. The molecule has 7 nitrogen and oxygen atoms in total. The molecule has 0 N–H and O–H groups in total. The molecule has 28 heavy (non-hydrogen) atoms. The monoisotopic (exact) mass is 378 g/mol. The molecule has 3 heterocycles. The Balaban J connectivity index is 1.25. The predicted molar refractivity (Wildman–Crippen MR) is 103 cm³/mol. The van der Waals surface area contributed by atoms with Crippen LogP contribution in [0.5, 0.6) is 0 Å². The van der Waals surface area contributed by atoms with Gasteiger partial charge in [0, 0.05) is 42.2 Å². The molecule has 3 aromatic rings. The standard InChI is InChI=1S/C21H22N4O3/c26-19(16-7-17(8-16)25-3-5-27-6-4-25)10-21-23-11-15-2-1-14(9-18(15)24-21)20-12-22-13-28-20/h1-2,9,11-13,16-17H,3-8,10H2. The molecule has 2 aromatic heterocycles. The zero-order valence-corrected chi connectivity index (χ0v) is 15.6. The minimum absolute atomic E-state index is 0.132. The van der Waals surface area contributed by atoms with Gasteiger partial charge in [0.1, 0.15) is 11.6 Å². The third-order valence-electron chi connectivity index (χ3n) is 5.81. The van der Waals surface area contributed by atoms with Crippen LogP contribution in [0.2, 0.25) is 0 Å². The lowest BCUT2D eigenvalue weighted by Crippen LogP contribution is -2.51. The van der Waals surface area contributed by atoms with E-state index in [-0.39, 0.29) is 11.7 Å². The molecule has 1 aliphatic heterocycles. The smallest absolute Gasteiger partial charge is 0.181 e. The van der Waals surface area contributed by atoms with Gasteiger partial charge in [-0.2, -0.15) is 0 Å². The largest absolute Gasteiger partial charge is 0.444 e. The van der Waals surface area contributed by atoms with Crippen LogP contribution in [0.4, 0.5) is 0 Å². The number of morpholine rings is 1. The number of benzene rings is 1. The number of fused-ring (bicyclic) bond motifs is 1. The van der Waals surface area contributed by atoms with E-state index in [2.05, 4.69) is 19.9 Å². The molecule has 1 aliphatic carbocycles. The van der Waals surface area contributed by atoms with Gasteiger partial charge in [-0.3, -0.25) is 9.69 Å². The molecule has 1 aromatic carbocycles. The molecule has 2 fully saturated rings. The van der Waals surface area contributed by atoms with Crippen LogP contribution in [-0.2, 0) is 16.0 Å². The summed E-state index contributed by atoms with van der Waals surface area (Å²) >= 11 is 0. The molecule has 0 atom stereocenters. The molecule has 0 spiro atoms. The average Bonchev–Trinajstić information content (AvgIpc) is 3.22. The van der Waals surface area contributed by atoms with Gasteiger partial charge in [0.05, 0.1) is 31.3 Å². The number of aromatic nitrogens is 3. The molecule has 0 bridgehead atoms. The van der Waals surface area contributed by atoms with E-state index in [4.69, 9.17) is 9.15 Å². The van der Waals surface area contributed by atoms with E-state index in [0.717, 1.165) is 55.6 Å². The molecule has 144 valence electrons. The number of carbonyl (C=O) groups excluding carboxylic acids is 1. The Kier molecular flexibility index (Phi) is 4.62. The Morgan fingerprint density at radius 2 is 2.04 bits per heavy atom. The summed E-state index contributed by atoms with van der Waals surface area (Å²) in [5.41, 5.74) is 1.72. The van der Waals surface area contributed by atoms with E-state index >= 15 is 0 Å². The van der Waals surface area contributed by atoms with Crippen LogP contribution < -0.4 is 0 Å². The second-order valence-corrected chi connectivity index (χ2v) is 7.54. The van der Waals surface area contributed by atoms with Crippen molar-refractivity contribution in [1.82, 2.24) is 19.9 Å². The summed E-state index contributed by atoms with van der Waals surface area (Å²) in [6, 6.07) is 6.39. The van der Waals surface area contributed by atoms with Crippen molar-refractivity contribution in [2.24, 2.45) is 5.92 Å². The lowest BCUT2D eigenvalue weighted by molar-refractivity contribution is -0.127. The topological polar surface area (TPSA) is 81.3 Å². The number of ether oxygens (including phenoxy) is 1. The van der Waals surface area contributed by atoms with Crippen molar-refractivity contribution in [1.29, 1.82) is 0 Å². The molecule has 2 aliphatic rings. The zero-order chi connectivity index (χ0) is 18.9. The molecular formula is C21H22N4O3. The van der Waals surface area contributed by atoms with Gasteiger partial charge >= 0.3 is 0 Å². The summed E-state index contributed by atoms with van der Waals surface area (Å²) in [7, 11) is 0. The van der Waals surface area contributed by atoms with E-state index in [1.165, 1.54) is 6.39 Å². The summed E-state index contributed by atoms with van der Waals surface area (Å²) in [6.07, 6.45) is 7.06. The van der Waals surface area contributed by atoms with Crippen molar-refractivity contribution in [2.75, 3.05) is 26.3 Å². The lowest BCUT2D eigenvalue weighted by atomic mass is 9.75. The van der Waals surface area contributed by atoms with Crippen LogP contribution in [0.3, 0.4) is 0 Å². The van der Waals surface area contributed by atoms with Gasteiger partial charge in [0.25, 0.3) is 0 Å². The fourth-order valence-electron chi connectivity index (χ4n) is 4.05. The van der Waals surface area contributed by atoms with Crippen LogP contribution >= 0.6 is 0 Å². The maximum Gasteiger partial charge on any atom is 0.181 e. The highest BCUT2D eigenvalue weighted by atomic mass is 16.5. The Labute approximate surface area is 162 Å². The summed E-state index contributed by atoms with van der Waals surface area (Å²) < 4.78 is 10.8. The number of oxazole rings is 1. The normalized spacial score (nSPS) is 22.9. The number of rotatable bonds is 5. The first-order valence-electron chi connectivity index (χ1n) is 9.75. The predicted octanol–water partition coefficient (Wildman–Crippen LogP) is 2.51. The van der Waals surface area contributed by atoms with Gasteiger partial charge in [0.15, 0.2) is 12.2 Å². The number of ketones is 1. The van der Waals surface area contributed by atoms with Crippen molar-refractivity contribution >= 4 is 16.7 Å². The maximum atomic E-state index is 12.7. The van der Waals surface area contributed by atoms with E-state index < -0.39 is 0 Å².